The number of rotatable bonds is 9. The van der Waals surface area contributed by atoms with Gasteiger partial charge in [0, 0.05) is 35.5 Å². The molecule has 1 heterocycles. The van der Waals surface area contributed by atoms with Gasteiger partial charge in [0.2, 0.25) is 5.91 Å². The highest BCUT2D eigenvalue weighted by molar-refractivity contribution is 7.99. The minimum absolute atomic E-state index is 0.0668. The van der Waals surface area contributed by atoms with Gasteiger partial charge in [0.25, 0.3) is 11.6 Å². The first-order chi connectivity index (χ1) is 19.9. The number of amides is 2. The zero-order valence-electron chi connectivity index (χ0n) is 22.4. The van der Waals surface area contributed by atoms with Crippen molar-refractivity contribution < 1.29 is 14.5 Å². The summed E-state index contributed by atoms with van der Waals surface area (Å²) >= 11 is 2.73. The van der Waals surface area contributed by atoms with Crippen LogP contribution < -0.4 is 10.6 Å². The van der Waals surface area contributed by atoms with Crippen molar-refractivity contribution in [3.63, 3.8) is 0 Å². The summed E-state index contributed by atoms with van der Waals surface area (Å²) in [4.78, 5) is 43.5. The summed E-state index contributed by atoms with van der Waals surface area (Å²) in [5.74, 6) is -0.376. The van der Waals surface area contributed by atoms with E-state index in [1.807, 2.05) is 36.4 Å². The summed E-state index contributed by atoms with van der Waals surface area (Å²) in [6, 6.07) is 21.8. The third-order valence-electron chi connectivity index (χ3n) is 6.60. The lowest BCUT2D eigenvalue weighted by molar-refractivity contribution is -0.387. The molecule has 8 nitrogen and oxygen atoms in total. The standard InChI is InChI=1S/C31H28N4O4S2/c1-20(36)34-24-12-6-8-14-27(24)40-28-16-15-22(17-25(28)35(38)39)19-33-31-29(23-11-5-7-13-26(23)41-31)30(37)32-18-21-9-3-2-4-10-21/h2-4,6,8-10,12,14-17,19H,5,7,11,13,18H2,1H3,(H,32,37)(H,34,36). The molecule has 0 spiro atoms. The number of nitro benzene ring substituents is 1. The Hall–Kier alpha value is -4.28. The number of thiophene rings is 1. The Balaban J connectivity index is 1.41. The number of hydrogen-bond donors (Lipinski definition) is 2. The van der Waals surface area contributed by atoms with Crippen LogP contribution in [0.4, 0.5) is 16.4 Å². The van der Waals surface area contributed by atoms with Crippen molar-refractivity contribution in [3.8, 4) is 0 Å². The molecule has 1 aliphatic rings. The van der Waals surface area contributed by atoms with Crippen LogP contribution in [0.3, 0.4) is 0 Å². The van der Waals surface area contributed by atoms with E-state index >= 15 is 0 Å². The topological polar surface area (TPSA) is 114 Å². The van der Waals surface area contributed by atoms with Crippen LogP contribution in [0.1, 0.15) is 51.7 Å². The van der Waals surface area contributed by atoms with Crippen LogP contribution in [-0.2, 0) is 24.2 Å². The summed E-state index contributed by atoms with van der Waals surface area (Å²) < 4.78 is 0. The lowest BCUT2D eigenvalue weighted by Gasteiger charge is -2.12. The summed E-state index contributed by atoms with van der Waals surface area (Å²) in [5.41, 5.74) is 3.76. The van der Waals surface area contributed by atoms with Gasteiger partial charge in [-0.1, -0.05) is 60.3 Å². The lowest BCUT2D eigenvalue weighted by atomic mass is 9.95. The molecular formula is C31H28N4O4S2. The molecule has 1 aromatic heterocycles. The maximum absolute atomic E-state index is 13.3. The third-order valence-corrected chi connectivity index (χ3v) is 8.94. The molecule has 0 radical (unpaired) electrons. The van der Waals surface area contributed by atoms with Crippen molar-refractivity contribution in [2.75, 3.05) is 5.32 Å². The predicted molar refractivity (Wildman–Crippen MR) is 164 cm³/mol. The van der Waals surface area contributed by atoms with Crippen LogP contribution in [-0.4, -0.2) is 23.0 Å². The highest BCUT2D eigenvalue weighted by Crippen LogP contribution is 2.41. The Morgan fingerprint density at radius 3 is 2.56 bits per heavy atom. The van der Waals surface area contributed by atoms with Gasteiger partial charge in [0.1, 0.15) is 5.00 Å². The van der Waals surface area contributed by atoms with Gasteiger partial charge in [0.05, 0.1) is 21.1 Å². The molecule has 0 unspecified atom stereocenters. The average molecular weight is 585 g/mol. The number of benzene rings is 3. The highest BCUT2D eigenvalue weighted by atomic mass is 32.2. The molecule has 10 heteroatoms. The largest absolute Gasteiger partial charge is 0.348 e. The van der Waals surface area contributed by atoms with Crippen molar-refractivity contribution in [1.82, 2.24) is 5.32 Å². The zero-order chi connectivity index (χ0) is 28.8. The third kappa shape index (κ3) is 6.90. The van der Waals surface area contributed by atoms with E-state index in [4.69, 9.17) is 0 Å². The van der Waals surface area contributed by atoms with Crippen molar-refractivity contribution in [2.24, 2.45) is 4.99 Å². The Morgan fingerprint density at radius 2 is 1.78 bits per heavy atom. The monoisotopic (exact) mass is 584 g/mol. The molecule has 5 rings (SSSR count). The number of nitro groups is 1. The van der Waals surface area contributed by atoms with Gasteiger partial charge in [-0.3, -0.25) is 19.7 Å². The fraction of sp³-hybridized carbons (Fsp3) is 0.194. The summed E-state index contributed by atoms with van der Waals surface area (Å²) in [6.45, 7) is 1.84. The second kappa shape index (κ2) is 12.9. The van der Waals surface area contributed by atoms with Crippen LogP contribution in [0.2, 0.25) is 0 Å². The van der Waals surface area contributed by atoms with Crippen LogP contribution in [0.15, 0.2) is 87.6 Å². The number of hydrogen-bond acceptors (Lipinski definition) is 7. The maximum atomic E-state index is 13.3. The molecule has 208 valence electrons. The van der Waals surface area contributed by atoms with E-state index in [0.717, 1.165) is 36.8 Å². The van der Waals surface area contributed by atoms with Gasteiger partial charge in [-0.2, -0.15) is 0 Å². The second-order valence-corrected chi connectivity index (χ2v) is 11.7. The summed E-state index contributed by atoms with van der Waals surface area (Å²) in [7, 11) is 0. The fourth-order valence-corrected chi connectivity index (χ4v) is 6.90. The van der Waals surface area contributed by atoms with Crippen molar-refractivity contribution in [1.29, 1.82) is 0 Å². The van der Waals surface area contributed by atoms with E-state index in [1.54, 1.807) is 36.5 Å². The highest BCUT2D eigenvalue weighted by Gasteiger charge is 2.25. The van der Waals surface area contributed by atoms with Crippen LogP contribution in [0.5, 0.6) is 0 Å². The Bertz CT molecular complexity index is 1630. The smallest absolute Gasteiger partial charge is 0.283 e. The Morgan fingerprint density at radius 1 is 1.02 bits per heavy atom. The predicted octanol–water partition coefficient (Wildman–Crippen LogP) is 7.33. The van der Waals surface area contributed by atoms with Crippen molar-refractivity contribution in [3.05, 3.63) is 110 Å². The number of aryl methyl sites for hydroxylation is 1. The molecule has 0 aliphatic heterocycles. The normalized spacial score (nSPS) is 12.6. The summed E-state index contributed by atoms with van der Waals surface area (Å²) in [5, 5.41) is 18.4. The number of aliphatic imine (C=N–C) groups is 1. The maximum Gasteiger partial charge on any atom is 0.283 e. The number of para-hydroxylation sites is 1. The van der Waals surface area contributed by atoms with E-state index in [2.05, 4.69) is 15.6 Å². The van der Waals surface area contributed by atoms with E-state index in [0.29, 0.717) is 38.2 Å². The Kier molecular flexibility index (Phi) is 8.91. The van der Waals surface area contributed by atoms with Crippen LogP contribution >= 0.6 is 23.1 Å². The van der Waals surface area contributed by atoms with Gasteiger partial charge in [0.15, 0.2) is 0 Å². The van der Waals surface area contributed by atoms with Crippen LogP contribution in [0.25, 0.3) is 0 Å². The van der Waals surface area contributed by atoms with Gasteiger partial charge in [-0.05, 0) is 60.6 Å². The number of nitrogens with one attached hydrogen (secondary N) is 2. The molecular weight excluding hydrogens is 556 g/mol. The quantitative estimate of drug-likeness (QED) is 0.122. The van der Waals surface area contributed by atoms with E-state index < -0.39 is 4.92 Å². The molecule has 3 aromatic carbocycles. The van der Waals surface area contributed by atoms with Crippen molar-refractivity contribution >= 4 is 57.5 Å². The first-order valence-corrected chi connectivity index (χ1v) is 14.9. The van der Waals surface area contributed by atoms with E-state index in [-0.39, 0.29) is 17.5 Å². The Labute approximate surface area is 246 Å². The SMILES string of the molecule is CC(=O)Nc1ccccc1Sc1ccc(C=Nc2sc3c(c2C(=O)NCc2ccccc2)CCCC3)cc1[N+](=O)[O-]. The number of fused-ring (bicyclic) bond motifs is 1. The van der Waals surface area contributed by atoms with Crippen LogP contribution in [0, 0.1) is 10.1 Å². The molecule has 0 saturated carbocycles. The molecule has 0 atom stereocenters. The van der Waals surface area contributed by atoms with Gasteiger partial charge in [-0.15, -0.1) is 11.3 Å². The molecule has 0 bridgehead atoms. The van der Waals surface area contributed by atoms with Gasteiger partial charge in [-0.25, -0.2) is 4.99 Å². The van der Waals surface area contributed by atoms with E-state index in [1.165, 1.54) is 41.0 Å². The first-order valence-electron chi connectivity index (χ1n) is 13.2. The minimum Gasteiger partial charge on any atom is -0.348 e. The first kappa shape index (κ1) is 28.3. The molecule has 2 N–H and O–H groups in total. The molecule has 1 aliphatic carbocycles. The number of carbonyl (C=O) groups is 2. The molecule has 41 heavy (non-hydrogen) atoms. The molecule has 2 amide bonds. The molecule has 0 saturated heterocycles. The zero-order valence-corrected chi connectivity index (χ0v) is 24.0. The van der Waals surface area contributed by atoms with Gasteiger partial charge >= 0.3 is 0 Å². The number of nitrogens with zero attached hydrogens (tertiary/aromatic N) is 2. The van der Waals surface area contributed by atoms with Crippen molar-refractivity contribution in [2.45, 2.75) is 48.9 Å². The van der Waals surface area contributed by atoms with Gasteiger partial charge < -0.3 is 10.6 Å². The van der Waals surface area contributed by atoms with E-state index in [9.17, 15) is 19.7 Å². The lowest BCUT2D eigenvalue weighted by Crippen LogP contribution is -2.24. The second-order valence-electron chi connectivity index (χ2n) is 9.58. The molecule has 4 aromatic rings. The minimum atomic E-state index is -0.424. The number of carbonyl (C=O) groups excluding carboxylic acids is 2. The fourth-order valence-electron chi connectivity index (χ4n) is 4.69. The average Bonchev–Trinajstić information content (AvgIpc) is 3.35. The molecule has 0 fully saturated rings. The number of anilines is 1. The summed E-state index contributed by atoms with van der Waals surface area (Å²) in [6.07, 6.45) is 5.46.